The number of rotatable bonds is 12. The standard InChI is InChI=1S/C32H40N6O7/c1-5-19(4)27(36-31(42)45-17-20-9-7-6-8-10-20)29(40)37-32(30(41)35-26(18(2)3)28(33)39)14-13-25-23(16-32)22-15-21(38(43)44)11-12-24(22)34-25/h6-12,15,18-19,26-27,34H,5,13-14,16-17H2,1-4H3,(H2,33,39)(H,35,41)(H,36,42)(H,37,40)/t19-,26-,27-,32+/m0/s1. The Morgan fingerprint density at radius 1 is 1.07 bits per heavy atom. The first-order valence-electron chi connectivity index (χ1n) is 15.0. The zero-order valence-corrected chi connectivity index (χ0v) is 25.8. The monoisotopic (exact) mass is 620 g/mol. The van der Waals surface area contributed by atoms with Gasteiger partial charge in [-0.25, -0.2) is 4.79 Å². The van der Waals surface area contributed by atoms with Crippen LogP contribution in [0.5, 0.6) is 0 Å². The number of benzene rings is 2. The molecular weight excluding hydrogens is 580 g/mol. The summed E-state index contributed by atoms with van der Waals surface area (Å²) in [6.07, 6.45) is 0.206. The van der Waals surface area contributed by atoms with Crippen molar-refractivity contribution in [3.8, 4) is 0 Å². The number of hydrogen-bond acceptors (Lipinski definition) is 7. The molecule has 13 nitrogen and oxygen atoms in total. The van der Waals surface area contributed by atoms with Crippen molar-refractivity contribution < 1.29 is 28.8 Å². The summed E-state index contributed by atoms with van der Waals surface area (Å²) in [5.74, 6) is -2.61. The highest BCUT2D eigenvalue weighted by atomic mass is 16.6. The van der Waals surface area contributed by atoms with Gasteiger partial charge in [0.25, 0.3) is 5.69 Å². The molecule has 0 fully saturated rings. The Kier molecular flexibility index (Phi) is 10.1. The molecule has 4 amide bonds. The Bertz CT molecular complexity index is 1590. The van der Waals surface area contributed by atoms with Gasteiger partial charge in [-0.15, -0.1) is 0 Å². The molecule has 0 aliphatic heterocycles. The molecule has 0 unspecified atom stereocenters. The third-order valence-corrected chi connectivity index (χ3v) is 8.51. The minimum absolute atomic E-state index is 0.00699. The molecule has 0 bridgehead atoms. The Morgan fingerprint density at radius 2 is 1.78 bits per heavy atom. The summed E-state index contributed by atoms with van der Waals surface area (Å²) in [5.41, 5.74) is 6.79. The number of non-ortho nitro benzene ring substituents is 1. The van der Waals surface area contributed by atoms with Crippen molar-refractivity contribution in [1.29, 1.82) is 0 Å². The fourth-order valence-corrected chi connectivity index (χ4v) is 5.66. The number of hydrogen-bond donors (Lipinski definition) is 5. The molecule has 1 aliphatic carbocycles. The highest BCUT2D eigenvalue weighted by molar-refractivity contribution is 5.98. The molecule has 45 heavy (non-hydrogen) atoms. The van der Waals surface area contributed by atoms with Crippen LogP contribution in [0.1, 0.15) is 57.4 Å². The van der Waals surface area contributed by atoms with Crippen LogP contribution >= 0.6 is 0 Å². The van der Waals surface area contributed by atoms with Crippen LogP contribution in [0.4, 0.5) is 10.5 Å². The number of H-pyrrole nitrogens is 1. The zero-order chi connectivity index (χ0) is 32.9. The molecule has 13 heteroatoms. The van der Waals surface area contributed by atoms with Gasteiger partial charge < -0.3 is 31.4 Å². The van der Waals surface area contributed by atoms with Crippen LogP contribution in [-0.2, 0) is 38.6 Å². The Balaban J connectivity index is 1.66. The van der Waals surface area contributed by atoms with Crippen LogP contribution in [0.15, 0.2) is 48.5 Å². The van der Waals surface area contributed by atoms with E-state index in [1.54, 1.807) is 26.8 Å². The first-order valence-corrected chi connectivity index (χ1v) is 15.0. The molecule has 1 heterocycles. The summed E-state index contributed by atoms with van der Waals surface area (Å²) >= 11 is 0. The van der Waals surface area contributed by atoms with Gasteiger partial charge in [0.1, 0.15) is 24.2 Å². The zero-order valence-electron chi connectivity index (χ0n) is 25.8. The van der Waals surface area contributed by atoms with Crippen molar-refractivity contribution >= 4 is 40.4 Å². The normalized spacial score (nSPS) is 17.9. The minimum atomic E-state index is -1.56. The summed E-state index contributed by atoms with van der Waals surface area (Å²) < 4.78 is 5.37. The topological polar surface area (TPSA) is 199 Å². The van der Waals surface area contributed by atoms with E-state index in [1.165, 1.54) is 12.1 Å². The van der Waals surface area contributed by atoms with Gasteiger partial charge in [-0.2, -0.15) is 0 Å². The van der Waals surface area contributed by atoms with E-state index >= 15 is 0 Å². The van der Waals surface area contributed by atoms with Crippen molar-refractivity contribution in [2.24, 2.45) is 17.6 Å². The third kappa shape index (κ3) is 7.41. The number of nitrogens with one attached hydrogen (secondary N) is 4. The van der Waals surface area contributed by atoms with Gasteiger partial charge in [-0.1, -0.05) is 64.4 Å². The molecule has 6 N–H and O–H groups in total. The van der Waals surface area contributed by atoms with Crippen LogP contribution in [0.2, 0.25) is 0 Å². The number of ether oxygens (including phenoxy) is 1. The van der Waals surface area contributed by atoms with Gasteiger partial charge in [0.15, 0.2) is 0 Å². The molecule has 2 aromatic carbocycles. The number of carbonyl (C=O) groups is 4. The number of fused-ring (bicyclic) bond motifs is 3. The average Bonchev–Trinajstić information content (AvgIpc) is 3.37. The quantitative estimate of drug-likeness (QED) is 0.151. The maximum Gasteiger partial charge on any atom is 0.408 e. The summed E-state index contributed by atoms with van der Waals surface area (Å²) in [4.78, 5) is 67.4. The van der Waals surface area contributed by atoms with E-state index in [2.05, 4.69) is 20.9 Å². The van der Waals surface area contributed by atoms with E-state index in [0.29, 0.717) is 29.3 Å². The van der Waals surface area contributed by atoms with E-state index in [4.69, 9.17) is 10.5 Å². The molecule has 4 rings (SSSR count). The van der Waals surface area contributed by atoms with Crippen LogP contribution in [-0.4, -0.2) is 51.3 Å². The highest BCUT2D eigenvalue weighted by Gasteiger charge is 2.46. The number of carbonyl (C=O) groups excluding carboxylic acids is 4. The average molecular weight is 621 g/mol. The van der Waals surface area contributed by atoms with Gasteiger partial charge in [-0.05, 0) is 41.9 Å². The number of nitro benzene ring substituents is 1. The van der Waals surface area contributed by atoms with E-state index in [1.807, 2.05) is 37.3 Å². The smallest absolute Gasteiger partial charge is 0.408 e. The van der Waals surface area contributed by atoms with E-state index in [-0.39, 0.29) is 37.0 Å². The van der Waals surface area contributed by atoms with Gasteiger partial charge in [-0.3, -0.25) is 24.5 Å². The molecule has 1 aromatic heterocycles. The predicted molar refractivity (Wildman–Crippen MR) is 167 cm³/mol. The van der Waals surface area contributed by atoms with Crippen LogP contribution in [0, 0.1) is 22.0 Å². The second-order valence-electron chi connectivity index (χ2n) is 12.0. The third-order valence-electron chi connectivity index (χ3n) is 8.51. The predicted octanol–water partition coefficient (Wildman–Crippen LogP) is 3.39. The fourth-order valence-electron chi connectivity index (χ4n) is 5.66. The minimum Gasteiger partial charge on any atom is -0.445 e. The van der Waals surface area contributed by atoms with Gasteiger partial charge in [0.2, 0.25) is 17.7 Å². The number of amides is 4. The molecule has 0 spiro atoms. The van der Waals surface area contributed by atoms with Crippen LogP contribution < -0.4 is 21.7 Å². The summed E-state index contributed by atoms with van der Waals surface area (Å²) in [6.45, 7) is 7.16. The van der Waals surface area contributed by atoms with E-state index in [0.717, 1.165) is 11.3 Å². The first kappa shape index (κ1) is 33.0. The first-order chi connectivity index (χ1) is 21.3. The number of nitrogens with zero attached hydrogens (tertiary/aromatic N) is 1. The van der Waals surface area contributed by atoms with Gasteiger partial charge in [0.05, 0.1) is 4.92 Å². The molecule has 0 saturated heterocycles. The fraction of sp³-hybridized carbons (Fsp3) is 0.438. The lowest BCUT2D eigenvalue weighted by Gasteiger charge is -2.39. The van der Waals surface area contributed by atoms with Crippen molar-refractivity contribution in [1.82, 2.24) is 20.9 Å². The highest BCUT2D eigenvalue weighted by Crippen LogP contribution is 2.36. The SMILES string of the molecule is CC[C@H](C)[C@H](NC(=O)OCc1ccccc1)C(=O)N[C@]1(C(=O)N[C@H](C(N)=O)C(C)C)CCc2[nH]c3ccc([N+](=O)[O-])cc3c2C1. The molecular formula is C32H40N6O7. The summed E-state index contributed by atoms with van der Waals surface area (Å²) in [7, 11) is 0. The Hall–Kier alpha value is -4.94. The van der Waals surface area contributed by atoms with E-state index < -0.39 is 46.4 Å². The van der Waals surface area contributed by atoms with Crippen molar-refractivity contribution in [3.63, 3.8) is 0 Å². The van der Waals surface area contributed by atoms with Crippen molar-refractivity contribution in [3.05, 3.63) is 75.5 Å². The number of nitro groups is 1. The lowest BCUT2D eigenvalue weighted by Crippen LogP contribution is -2.67. The number of aryl methyl sites for hydroxylation is 1. The van der Waals surface area contributed by atoms with Crippen molar-refractivity contribution in [2.45, 2.75) is 77.6 Å². The molecule has 3 aromatic rings. The Labute approximate surface area is 260 Å². The maximum absolute atomic E-state index is 14.1. The van der Waals surface area contributed by atoms with E-state index in [9.17, 15) is 29.3 Å². The molecule has 240 valence electrons. The maximum atomic E-state index is 14.1. The molecule has 0 saturated carbocycles. The molecule has 0 radical (unpaired) electrons. The summed E-state index contributed by atoms with van der Waals surface area (Å²) in [6, 6.07) is 11.5. The van der Waals surface area contributed by atoms with Crippen LogP contribution in [0.25, 0.3) is 10.9 Å². The van der Waals surface area contributed by atoms with Gasteiger partial charge >= 0.3 is 6.09 Å². The number of primary amides is 1. The lowest BCUT2D eigenvalue weighted by molar-refractivity contribution is -0.384. The van der Waals surface area contributed by atoms with Gasteiger partial charge in [0, 0.05) is 35.2 Å². The molecule has 4 atom stereocenters. The number of alkyl carbamates (subject to hydrolysis) is 1. The number of aromatic amines is 1. The van der Waals surface area contributed by atoms with Crippen molar-refractivity contribution in [2.75, 3.05) is 0 Å². The lowest BCUT2D eigenvalue weighted by atomic mass is 9.78. The second-order valence-corrected chi connectivity index (χ2v) is 12.0. The number of nitrogens with two attached hydrogens (primary N) is 1. The Morgan fingerprint density at radius 3 is 2.40 bits per heavy atom. The van der Waals surface area contributed by atoms with Crippen LogP contribution in [0.3, 0.4) is 0 Å². The summed E-state index contributed by atoms with van der Waals surface area (Å²) in [5, 5.41) is 20.4. The number of aromatic nitrogens is 1. The molecule has 1 aliphatic rings. The second kappa shape index (κ2) is 13.8. The largest absolute Gasteiger partial charge is 0.445 e.